The van der Waals surface area contributed by atoms with Crippen molar-refractivity contribution in [1.29, 1.82) is 0 Å². The first kappa shape index (κ1) is 9.90. The lowest BCUT2D eigenvalue weighted by molar-refractivity contribution is 0.943. The molecule has 1 rings (SSSR count). The number of halogens is 1. The minimum absolute atomic E-state index is 0.747. The second kappa shape index (κ2) is 5.46. The van der Waals surface area contributed by atoms with Gasteiger partial charge < -0.3 is 5.73 Å². The van der Waals surface area contributed by atoms with Gasteiger partial charge in [-0.15, -0.1) is 11.8 Å². The Balaban J connectivity index is 2.46. The molecule has 0 saturated heterocycles. The zero-order valence-corrected chi connectivity index (χ0v) is 8.37. The lowest BCUT2D eigenvalue weighted by atomic mass is 10.4. The molecule has 0 spiro atoms. The Morgan fingerprint density at radius 1 is 1.33 bits per heavy atom. The highest BCUT2D eigenvalue weighted by Gasteiger charge is 1.97. The van der Waals surface area contributed by atoms with E-state index in [1.165, 1.54) is 0 Å². The zero-order valence-electron chi connectivity index (χ0n) is 6.79. The lowest BCUT2D eigenvalue weighted by Gasteiger charge is -2.01. The van der Waals surface area contributed by atoms with Crippen molar-refractivity contribution in [3.8, 4) is 0 Å². The van der Waals surface area contributed by atoms with Gasteiger partial charge in [0.05, 0.1) is 5.02 Å². The first-order valence-corrected chi connectivity index (χ1v) is 5.28. The predicted octanol–water partition coefficient (Wildman–Crippen LogP) is 2.78. The minimum Gasteiger partial charge on any atom is -0.330 e. The highest BCUT2D eigenvalue weighted by molar-refractivity contribution is 7.99. The molecule has 0 fully saturated rings. The van der Waals surface area contributed by atoms with Gasteiger partial charge in [0, 0.05) is 4.90 Å². The Labute approximate surface area is 82.3 Å². The smallest absolute Gasteiger partial charge is 0.0541 e. The van der Waals surface area contributed by atoms with Crippen LogP contribution in [0.1, 0.15) is 6.42 Å². The molecular formula is C9H12ClNS. The highest BCUT2D eigenvalue weighted by atomic mass is 35.5. The zero-order chi connectivity index (χ0) is 8.81. The first-order valence-electron chi connectivity index (χ1n) is 3.92. The molecule has 0 amide bonds. The van der Waals surface area contributed by atoms with E-state index in [2.05, 4.69) is 0 Å². The third kappa shape index (κ3) is 3.05. The molecule has 0 unspecified atom stereocenters. The predicted molar refractivity (Wildman–Crippen MR) is 55.8 cm³/mol. The van der Waals surface area contributed by atoms with E-state index in [0.29, 0.717) is 0 Å². The van der Waals surface area contributed by atoms with Gasteiger partial charge in [-0.2, -0.15) is 0 Å². The minimum atomic E-state index is 0.747. The van der Waals surface area contributed by atoms with E-state index in [-0.39, 0.29) is 0 Å². The normalized spacial score (nSPS) is 10.2. The number of nitrogens with two attached hydrogens (primary N) is 1. The van der Waals surface area contributed by atoms with Crippen molar-refractivity contribution in [2.75, 3.05) is 12.3 Å². The largest absolute Gasteiger partial charge is 0.330 e. The first-order chi connectivity index (χ1) is 5.84. The van der Waals surface area contributed by atoms with Gasteiger partial charge in [0.25, 0.3) is 0 Å². The molecule has 1 aromatic rings. The summed E-state index contributed by atoms with van der Waals surface area (Å²) in [7, 11) is 0. The monoisotopic (exact) mass is 201 g/mol. The lowest BCUT2D eigenvalue weighted by Crippen LogP contribution is -1.99. The van der Waals surface area contributed by atoms with Gasteiger partial charge in [-0.1, -0.05) is 23.7 Å². The van der Waals surface area contributed by atoms with Crippen LogP contribution >= 0.6 is 23.4 Å². The third-order valence-electron chi connectivity index (χ3n) is 1.44. The Morgan fingerprint density at radius 2 is 2.08 bits per heavy atom. The van der Waals surface area contributed by atoms with Gasteiger partial charge >= 0.3 is 0 Å². The van der Waals surface area contributed by atoms with Crippen LogP contribution in [0.15, 0.2) is 29.2 Å². The van der Waals surface area contributed by atoms with Gasteiger partial charge in [0.15, 0.2) is 0 Å². The Bertz CT molecular complexity index is 240. The van der Waals surface area contributed by atoms with Crippen molar-refractivity contribution in [1.82, 2.24) is 0 Å². The quantitative estimate of drug-likeness (QED) is 0.599. The summed E-state index contributed by atoms with van der Waals surface area (Å²) in [5, 5.41) is 0.833. The van der Waals surface area contributed by atoms with E-state index in [4.69, 9.17) is 17.3 Å². The second-order valence-corrected chi connectivity index (χ2v) is 3.97. The van der Waals surface area contributed by atoms with Crippen LogP contribution in [-0.4, -0.2) is 12.3 Å². The van der Waals surface area contributed by atoms with E-state index in [0.717, 1.165) is 28.6 Å². The number of thioether (sulfide) groups is 1. The van der Waals surface area contributed by atoms with Crippen molar-refractivity contribution in [2.45, 2.75) is 11.3 Å². The van der Waals surface area contributed by atoms with E-state index >= 15 is 0 Å². The molecule has 0 bridgehead atoms. The Morgan fingerprint density at radius 3 is 2.75 bits per heavy atom. The molecule has 3 heteroatoms. The number of rotatable bonds is 4. The molecule has 2 N–H and O–H groups in total. The summed E-state index contributed by atoms with van der Waals surface area (Å²) in [4.78, 5) is 1.15. The molecule has 66 valence electrons. The molecular weight excluding hydrogens is 190 g/mol. The summed E-state index contributed by atoms with van der Waals surface area (Å²) in [6, 6.07) is 7.88. The van der Waals surface area contributed by atoms with E-state index in [1.54, 1.807) is 11.8 Å². The molecule has 0 aromatic heterocycles. The van der Waals surface area contributed by atoms with Gasteiger partial charge in [0.1, 0.15) is 0 Å². The van der Waals surface area contributed by atoms with E-state index in [1.807, 2.05) is 24.3 Å². The fourth-order valence-electron chi connectivity index (χ4n) is 0.827. The van der Waals surface area contributed by atoms with E-state index < -0.39 is 0 Å². The molecule has 0 heterocycles. The van der Waals surface area contributed by atoms with Crippen LogP contribution in [0.2, 0.25) is 5.02 Å². The van der Waals surface area contributed by atoms with Gasteiger partial charge in [0.2, 0.25) is 0 Å². The SMILES string of the molecule is NCCCSc1ccccc1Cl. The Hall–Kier alpha value is -0.180. The molecule has 12 heavy (non-hydrogen) atoms. The summed E-state index contributed by atoms with van der Waals surface area (Å²) in [6.07, 6.45) is 1.04. The summed E-state index contributed by atoms with van der Waals surface area (Å²) in [5.41, 5.74) is 5.38. The molecule has 0 aliphatic carbocycles. The van der Waals surface area contributed by atoms with Crippen molar-refractivity contribution in [2.24, 2.45) is 5.73 Å². The maximum atomic E-state index is 5.95. The summed E-state index contributed by atoms with van der Waals surface area (Å²) < 4.78 is 0. The summed E-state index contributed by atoms with van der Waals surface area (Å²) in [5.74, 6) is 1.04. The second-order valence-electron chi connectivity index (χ2n) is 2.42. The van der Waals surface area contributed by atoms with Gasteiger partial charge in [-0.05, 0) is 30.9 Å². The fourth-order valence-corrected chi connectivity index (χ4v) is 2.04. The third-order valence-corrected chi connectivity index (χ3v) is 3.04. The average Bonchev–Trinajstić information content (AvgIpc) is 2.09. The van der Waals surface area contributed by atoms with Gasteiger partial charge in [-0.3, -0.25) is 0 Å². The van der Waals surface area contributed by atoms with Crippen molar-refractivity contribution in [3.63, 3.8) is 0 Å². The van der Waals surface area contributed by atoms with Crippen molar-refractivity contribution < 1.29 is 0 Å². The summed E-state index contributed by atoms with van der Waals surface area (Å²) >= 11 is 7.71. The molecule has 1 aromatic carbocycles. The Kier molecular flexibility index (Phi) is 4.51. The van der Waals surface area contributed by atoms with Crippen LogP contribution in [0.4, 0.5) is 0 Å². The summed E-state index contributed by atoms with van der Waals surface area (Å²) in [6.45, 7) is 0.747. The van der Waals surface area contributed by atoms with Crippen LogP contribution in [0, 0.1) is 0 Å². The van der Waals surface area contributed by atoms with E-state index in [9.17, 15) is 0 Å². The van der Waals surface area contributed by atoms with Crippen molar-refractivity contribution in [3.05, 3.63) is 29.3 Å². The fraction of sp³-hybridized carbons (Fsp3) is 0.333. The topological polar surface area (TPSA) is 26.0 Å². The standard InChI is InChI=1S/C9H12ClNS/c10-8-4-1-2-5-9(8)12-7-3-6-11/h1-2,4-5H,3,6-7,11H2. The average molecular weight is 202 g/mol. The van der Waals surface area contributed by atoms with Crippen LogP contribution in [0.25, 0.3) is 0 Å². The van der Waals surface area contributed by atoms with Crippen molar-refractivity contribution >= 4 is 23.4 Å². The maximum Gasteiger partial charge on any atom is 0.0541 e. The van der Waals surface area contributed by atoms with Crippen LogP contribution < -0.4 is 5.73 Å². The molecule has 0 radical (unpaired) electrons. The molecule has 0 aliphatic heterocycles. The molecule has 0 saturated carbocycles. The highest BCUT2D eigenvalue weighted by Crippen LogP contribution is 2.26. The molecule has 0 atom stereocenters. The molecule has 0 aliphatic rings. The van der Waals surface area contributed by atoms with Crippen LogP contribution in [0.3, 0.4) is 0 Å². The van der Waals surface area contributed by atoms with Gasteiger partial charge in [-0.25, -0.2) is 0 Å². The molecule has 1 nitrogen and oxygen atoms in total. The number of benzene rings is 1. The number of hydrogen-bond acceptors (Lipinski definition) is 2. The number of hydrogen-bond donors (Lipinski definition) is 1. The van der Waals surface area contributed by atoms with Crippen LogP contribution in [-0.2, 0) is 0 Å². The maximum absolute atomic E-state index is 5.95. The van der Waals surface area contributed by atoms with Crippen LogP contribution in [0.5, 0.6) is 0 Å².